The molecule has 1 saturated carbocycles. The zero-order chi connectivity index (χ0) is 19.1. The quantitative estimate of drug-likeness (QED) is 0.802. The number of aryl methyl sites for hydroxylation is 1. The van der Waals surface area contributed by atoms with Gasteiger partial charge in [0.1, 0.15) is 0 Å². The highest BCUT2D eigenvalue weighted by Crippen LogP contribution is 2.43. The molecule has 1 aromatic rings. The van der Waals surface area contributed by atoms with E-state index in [1.165, 1.54) is 81.3 Å². The van der Waals surface area contributed by atoms with Crippen LogP contribution in [0.25, 0.3) is 0 Å². The van der Waals surface area contributed by atoms with Crippen molar-refractivity contribution in [3.8, 4) is 0 Å². The van der Waals surface area contributed by atoms with Gasteiger partial charge in [0, 0.05) is 45.0 Å². The van der Waals surface area contributed by atoms with Crippen LogP contribution in [0.4, 0.5) is 5.69 Å². The summed E-state index contributed by atoms with van der Waals surface area (Å²) in [5.41, 5.74) is 4.44. The number of likely N-dealkylation sites (tertiary alicyclic amines) is 2. The maximum Gasteiger partial charge on any atom is 0.226 e. The van der Waals surface area contributed by atoms with E-state index in [-0.39, 0.29) is 0 Å². The minimum absolute atomic E-state index is 0.321. The molecule has 1 amide bonds. The first-order valence-electron chi connectivity index (χ1n) is 11.5. The highest BCUT2D eigenvalue weighted by atomic mass is 16.2. The molecule has 152 valence electrons. The van der Waals surface area contributed by atoms with Gasteiger partial charge >= 0.3 is 0 Å². The Bertz CT molecular complexity index is 733. The number of carbonyl (C=O) groups excluding carboxylic acids is 1. The molecular formula is C24H35N3O. The standard InChI is InChI=1S/C24H35N3O/c1-25-12-3-4-20-8-7-19(16-22(20)25)17-23(28)26-13-9-24(10-14-26)11-15-27(18-24)21-5-2-6-21/h7-8,16,21H,2-6,9-15,17-18H2,1H3. The summed E-state index contributed by atoms with van der Waals surface area (Å²) in [6, 6.07) is 7.55. The van der Waals surface area contributed by atoms with Gasteiger partial charge in [0.05, 0.1) is 6.42 Å². The van der Waals surface area contributed by atoms with Crippen molar-refractivity contribution in [2.75, 3.05) is 44.7 Å². The fourth-order valence-electron chi connectivity index (χ4n) is 5.87. The lowest BCUT2D eigenvalue weighted by Gasteiger charge is -2.41. The van der Waals surface area contributed by atoms with Gasteiger partial charge in [-0.2, -0.15) is 0 Å². The fraction of sp³-hybridized carbons (Fsp3) is 0.708. The third-order valence-corrected chi connectivity index (χ3v) is 8.09. The first-order chi connectivity index (χ1) is 13.6. The van der Waals surface area contributed by atoms with Crippen molar-refractivity contribution in [2.45, 2.75) is 63.8 Å². The van der Waals surface area contributed by atoms with Gasteiger partial charge in [-0.15, -0.1) is 0 Å². The van der Waals surface area contributed by atoms with Crippen molar-refractivity contribution in [2.24, 2.45) is 5.41 Å². The van der Waals surface area contributed by atoms with Crippen molar-refractivity contribution < 1.29 is 4.79 Å². The summed E-state index contributed by atoms with van der Waals surface area (Å²) in [6.07, 6.45) is 11.0. The molecule has 0 bridgehead atoms. The predicted molar refractivity (Wildman–Crippen MR) is 114 cm³/mol. The molecule has 1 aliphatic carbocycles. The van der Waals surface area contributed by atoms with E-state index in [4.69, 9.17) is 0 Å². The van der Waals surface area contributed by atoms with E-state index in [1.54, 1.807) is 0 Å². The van der Waals surface area contributed by atoms with Gasteiger partial charge in [0.15, 0.2) is 0 Å². The average Bonchev–Trinajstić information content (AvgIpc) is 3.04. The zero-order valence-electron chi connectivity index (χ0n) is 17.5. The minimum Gasteiger partial charge on any atom is -0.374 e. The summed E-state index contributed by atoms with van der Waals surface area (Å²) in [6.45, 7) is 5.62. The maximum absolute atomic E-state index is 13.0. The summed E-state index contributed by atoms with van der Waals surface area (Å²) in [4.78, 5) is 20.2. The monoisotopic (exact) mass is 381 g/mol. The van der Waals surface area contributed by atoms with Gasteiger partial charge in [-0.05, 0) is 74.1 Å². The van der Waals surface area contributed by atoms with Crippen LogP contribution in [0, 0.1) is 5.41 Å². The van der Waals surface area contributed by atoms with E-state index >= 15 is 0 Å². The van der Waals surface area contributed by atoms with Gasteiger partial charge < -0.3 is 9.80 Å². The minimum atomic E-state index is 0.321. The lowest BCUT2D eigenvalue weighted by molar-refractivity contribution is -0.132. The fourth-order valence-corrected chi connectivity index (χ4v) is 5.87. The second-order valence-electron chi connectivity index (χ2n) is 9.85. The second-order valence-corrected chi connectivity index (χ2v) is 9.85. The molecule has 3 fully saturated rings. The smallest absolute Gasteiger partial charge is 0.226 e. The summed E-state index contributed by atoms with van der Waals surface area (Å²) in [5.74, 6) is 0.321. The predicted octanol–water partition coefficient (Wildman–Crippen LogP) is 3.48. The number of amides is 1. The molecule has 3 aliphatic heterocycles. The Morgan fingerprint density at radius 2 is 1.86 bits per heavy atom. The Kier molecular flexibility index (Phi) is 4.86. The van der Waals surface area contributed by atoms with E-state index in [0.29, 0.717) is 17.7 Å². The van der Waals surface area contributed by atoms with Crippen LogP contribution in [-0.2, 0) is 17.6 Å². The molecule has 5 rings (SSSR count). The first kappa shape index (κ1) is 18.5. The number of rotatable bonds is 3. The van der Waals surface area contributed by atoms with Crippen LogP contribution in [0.1, 0.15) is 56.1 Å². The van der Waals surface area contributed by atoms with Crippen LogP contribution in [0.15, 0.2) is 18.2 Å². The molecule has 1 aromatic carbocycles. The highest BCUT2D eigenvalue weighted by molar-refractivity contribution is 5.79. The molecule has 4 heteroatoms. The maximum atomic E-state index is 13.0. The van der Waals surface area contributed by atoms with Crippen LogP contribution < -0.4 is 4.90 Å². The number of benzene rings is 1. The summed E-state index contributed by atoms with van der Waals surface area (Å²) < 4.78 is 0. The molecule has 4 nitrogen and oxygen atoms in total. The van der Waals surface area contributed by atoms with Gasteiger partial charge in [-0.1, -0.05) is 18.6 Å². The Balaban J connectivity index is 1.17. The molecule has 1 spiro atoms. The van der Waals surface area contributed by atoms with Crippen LogP contribution in [0.3, 0.4) is 0 Å². The van der Waals surface area contributed by atoms with E-state index < -0.39 is 0 Å². The molecule has 28 heavy (non-hydrogen) atoms. The van der Waals surface area contributed by atoms with Crippen molar-refractivity contribution in [1.29, 1.82) is 0 Å². The van der Waals surface area contributed by atoms with Gasteiger partial charge in [-0.3, -0.25) is 9.69 Å². The average molecular weight is 382 g/mol. The number of carbonyl (C=O) groups is 1. The topological polar surface area (TPSA) is 26.8 Å². The summed E-state index contributed by atoms with van der Waals surface area (Å²) in [5, 5.41) is 0. The first-order valence-corrected chi connectivity index (χ1v) is 11.5. The Morgan fingerprint density at radius 1 is 1.07 bits per heavy atom. The number of nitrogens with zero attached hydrogens (tertiary/aromatic N) is 3. The van der Waals surface area contributed by atoms with E-state index in [1.807, 2.05) is 0 Å². The van der Waals surface area contributed by atoms with Crippen LogP contribution in [0.5, 0.6) is 0 Å². The van der Waals surface area contributed by atoms with E-state index in [2.05, 4.69) is 39.9 Å². The summed E-state index contributed by atoms with van der Waals surface area (Å²) >= 11 is 0. The molecule has 4 aliphatic rings. The van der Waals surface area contributed by atoms with Crippen molar-refractivity contribution in [3.05, 3.63) is 29.3 Å². The molecule has 2 saturated heterocycles. The normalized spacial score (nSPS) is 25.0. The Hall–Kier alpha value is -1.55. The van der Waals surface area contributed by atoms with E-state index in [0.717, 1.165) is 25.7 Å². The highest BCUT2D eigenvalue weighted by Gasteiger charge is 2.43. The molecule has 0 N–H and O–H groups in total. The molecule has 3 heterocycles. The largest absolute Gasteiger partial charge is 0.374 e. The summed E-state index contributed by atoms with van der Waals surface area (Å²) in [7, 11) is 2.17. The SMILES string of the molecule is CN1CCCc2ccc(CC(=O)N3CCC4(CC3)CCN(C3CCC3)C4)cc21. The Morgan fingerprint density at radius 3 is 2.61 bits per heavy atom. The third kappa shape index (κ3) is 3.45. The lowest BCUT2D eigenvalue weighted by atomic mass is 9.77. The number of hydrogen-bond donors (Lipinski definition) is 0. The van der Waals surface area contributed by atoms with Gasteiger partial charge in [-0.25, -0.2) is 0 Å². The Labute approximate surface area is 169 Å². The van der Waals surface area contributed by atoms with Crippen molar-refractivity contribution >= 4 is 11.6 Å². The number of hydrogen-bond acceptors (Lipinski definition) is 3. The number of anilines is 1. The molecule has 0 atom stereocenters. The number of piperidine rings is 1. The van der Waals surface area contributed by atoms with Gasteiger partial charge in [0.2, 0.25) is 5.91 Å². The third-order valence-electron chi connectivity index (χ3n) is 8.09. The number of fused-ring (bicyclic) bond motifs is 1. The van der Waals surface area contributed by atoms with Crippen LogP contribution in [-0.4, -0.2) is 61.5 Å². The molecule has 0 unspecified atom stereocenters. The molecular weight excluding hydrogens is 346 g/mol. The van der Waals surface area contributed by atoms with Crippen molar-refractivity contribution in [3.63, 3.8) is 0 Å². The molecule has 0 aromatic heterocycles. The zero-order valence-corrected chi connectivity index (χ0v) is 17.5. The molecule has 0 radical (unpaired) electrons. The second kappa shape index (κ2) is 7.37. The van der Waals surface area contributed by atoms with Crippen LogP contribution in [0.2, 0.25) is 0 Å². The van der Waals surface area contributed by atoms with E-state index in [9.17, 15) is 4.79 Å². The van der Waals surface area contributed by atoms with Crippen LogP contribution >= 0.6 is 0 Å². The van der Waals surface area contributed by atoms with Crippen molar-refractivity contribution in [1.82, 2.24) is 9.80 Å². The lowest BCUT2D eigenvalue weighted by Crippen LogP contribution is -2.46. The van der Waals surface area contributed by atoms with Gasteiger partial charge in [0.25, 0.3) is 0 Å².